The summed E-state index contributed by atoms with van der Waals surface area (Å²) < 4.78 is 27.6. The van der Waals surface area contributed by atoms with Gasteiger partial charge >= 0.3 is 0 Å². The maximum atomic E-state index is 12.0. The van der Waals surface area contributed by atoms with E-state index in [9.17, 15) is 13.2 Å². The van der Waals surface area contributed by atoms with Crippen molar-refractivity contribution in [2.45, 2.75) is 17.9 Å². The molecule has 6 nitrogen and oxygen atoms in total. The predicted molar refractivity (Wildman–Crippen MR) is 69.1 cm³/mol. The van der Waals surface area contributed by atoms with Gasteiger partial charge in [0.15, 0.2) is 0 Å². The molecule has 0 aliphatic carbocycles. The molecule has 0 bridgehead atoms. The molecule has 7 heteroatoms. The molecule has 0 aliphatic rings. The number of nitrogens with zero attached hydrogens (tertiary/aromatic N) is 2. The van der Waals surface area contributed by atoms with Gasteiger partial charge in [0.05, 0.1) is 10.9 Å². The maximum absolute atomic E-state index is 12.0. The third kappa shape index (κ3) is 3.07. The summed E-state index contributed by atoms with van der Waals surface area (Å²) in [7, 11) is -3.70. The molecule has 2 rings (SSSR count). The summed E-state index contributed by atoms with van der Waals surface area (Å²) in [5.74, 6) is -0.392. The molecule has 1 aromatic carbocycles. The van der Waals surface area contributed by atoms with Crippen LogP contribution in [0.4, 0.5) is 0 Å². The zero-order valence-electron chi connectivity index (χ0n) is 10.2. The fourth-order valence-electron chi connectivity index (χ4n) is 1.56. The Bertz CT molecular complexity index is 651. The highest BCUT2D eigenvalue weighted by atomic mass is 32.2. The van der Waals surface area contributed by atoms with Gasteiger partial charge < -0.3 is 0 Å². The highest BCUT2D eigenvalue weighted by molar-refractivity contribution is 7.89. The van der Waals surface area contributed by atoms with Crippen molar-refractivity contribution in [1.29, 1.82) is 0 Å². The van der Waals surface area contributed by atoms with E-state index in [2.05, 4.69) is 9.71 Å². The van der Waals surface area contributed by atoms with Crippen molar-refractivity contribution >= 4 is 15.9 Å². The quantitative estimate of drug-likeness (QED) is 0.901. The van der Waals surface area contributed by atoms with E-state index in [1.807, 2.05) is 0 Å². The second-order valence-electron chi connectivity index (χ2n) is 3.96. The van der Waals surface area contributed by atoms with Crippen LogP contribution in [0, 0.1) is 0 Å². The van der Waals surface area contributed by atoms with Crippen molar-refractivity contribution in [1.82, 2.24) is 14.3 Å². The molecular weight excluding hydrogens is 266 g/mol. The Kier molecular flexibility index (Phi) is 3.77. The van der Waals surface area contributed by atoms with E-state index in [4.69, 9.17) is 0 Å². The SMILES string of the molecule is CC(NS(=O)(=O)c1ccccc1)C(=O)n1ccnc1. The fraction of sp³-hybridized carbons (Fsp3) is 0.167. The van der Waals surface area contributed by atoms with Crippen molar-refractivity contribution < 1.29 is 13.2 Å². The van der Waals surface area contributed by atoms with Crippen LogP contribution in [-0.4, -0.2) is 29.9 Å². The molecule has 1 aromatic heterocycles. The average Bonchev–Trinajstić information content (AvgIpc) is 2.92. The van der Waals surface area contributed by atoms with Gasteiger partial charge in [-0.2, -0.15) is 4.72 Å². The molecule has 0 spiro atoms. The molecule has 19 heavy (non-hydrogen) atoms. The van der Waals surface area contributed by atoms with Crippen molar-refractivity contribution in [3.05, 3.63) is 49.1 Å². The third-order valence-corrected chi connectivity index (χ3v) is 4.07. The average molecular weight is 279 g/mol. The summed E-state index contributed by atoms with van der Waals surface area (Å²) in [6.07, 6.45) is 4.25. The van der Waals surface area contributed by atoms with Crippen LogP contribution in [0.25, 0.3) is 0 Å². The zero-order chi connectivity index (χ0) is 13.9. The molecule has 1 atom stereocenters. The first-order valence-electron chi connectivity index (χ1n) is 5.60. The number of aromatic nitrogens is 2. The molecule has 100 valence electrons. The van der Waals surface area contributed by atoms with Crippen LogP contribution < -0.4 is 4.72 Å². The van der Waals surface area contributed by atoms with E-state index in [0.717, 1.165) is 0 Å². The lowest BCUT2D eigenvalue weighted by atomic mass is 10.3. The largest absolute Gasteiger partial charge is 0.275 e. The lowest BCUT2D eigenvalue weighted by molar-refractivity contribution is 0.0879. The fourth-order valence-corrected chi connectivity index (χ4v) is 2.78. The first kappa shape index (κ1) is 13.4. The van der Waals surface area contributed by atoms with Crippen LogP contribution in [0.3, 0.4) is 0 Å². The van der Waals surface area contributed by atoms with Gasteiger partial charge in [0.1, 0.15) is 6.33 Å². The van der Waals surface area contributed by atoms with E-state index >= 15 is 0 Å². The van der Waals surface area contributed by atoms with Crippen molar-refractivity contribution in [2.24, 2.45) is 0 Å². The number of hydrogen-bond donors (Lipinski definition) is 1. The normalized spacial score (nSPS) is 13.1. The maximum Gasteiger partial charge on any atom is 0.249 e. The van der Waals surface area contributed by atoms with E-state index < -0.39 is 22.0 Å². The topological polar surface area (TPSA) is 81.1 Å². The summed E-state index contributed by atoms with van der Waals surface area (Å²) in [5.41, 5.74) is 0. The second-order valence-corrected chi connectivity index (χ2v) is 5.68. The molecular formula is C12H13N3O3S. The molecule has 0 radical (unpaired) electrons. The lowest BCUT2D eigenvalue weighted by Gasteiger charge is -2.13. The van der Waals surface area contributed by atoms with Crippen LogP contribution >= 0.6 is 0 Å². The number of nitrogens with one attached hydrogen (secondary N) is 1. The Hall–Kier alpha value is -1.99. The highest BCUT2D eigenvalue weighted by Gasteiger charge is 2.22. The molecule has 1 N–H and O–H groups in total. The van der Waals surface area contributed by atoms with E-state index in [-0.39, 0.29) is 4.90 Å². The van der Waals surface area contributed by atoms with Gasteiger partial charge in [-0.05, 0) is 19.1 Å². The minimum absolute atomic E-state index is 0.125. The Morgan fingerprint density at radius 3 is 2.58 bits per heavy atom. The van der Waals surface area contributed by atoms with Gasteiger partial charge in [-0.25, -0.2) is 13.4 Å². The molecule has 0 aliphatic heterocycles. The number of imidazole rings is 1. The molecule has 0 saturated carbocycles. The molecule has 1 heterocycles. The van der Waals surface area contributed by atoms with Gasteiger partial charge in [-0.15, -0.1) is 0 Å². The van der Waals surface area contributed by atoms with E-state index in [1.165, 1.54) is 42.3 Å². The number of benzene rings is 1. The van der Waals surface area contributed by atoms with Gasteiger partial charge in [0.25, 0.3) is 0 Å². The number of sulfonamides is 1. The van der Waals surface area contributed by atoms with Crippen LogP contribution in [-0.2, 0) is 10.0 Å². The zero-order valence-corrected chi connectivity index (χ0v) is 11.0. The van der Waals surface area contributed by atoms with Crippen molar-refractivity contribution in [2.75, 3.05) is 0 Å². The minimum atomic E-state index is -3.70. The Balaban J connectivity index is 2.15. The predicted octanol–water partition coefficient (Wildman–Crippen LogP) is 0.890. The van der Waals surface area contributed by atoms with Crippen LogP contribution in [0.5, 0.6) is 0 Å². The molecule has 2 aromatic rings. The van der Waals surface area contributed by atoms with Crippen LogP contribution in [0.2, 0.25) is 0 Å². The van der Waals surface area contributed by atoms with Gasteiger partial charge in [0.2, 0.25) is 15.9 Å². The Morgan fingerprint density at radius 1 is 1.32 bits per heavy atom. The van der Waals surface area contributed by atoms with Crippen LogP contribution in [0.1, 0.15) is 11.7 Å². The number of carbonyl (C=O) groups is 1. The summed E-state index contributed by atoms with van der Waals surface area (Å²) in [6, 6.07) is 7.03. The smallest absolute Gasteiger partial charge is 0.249 e. The van der Waals surface area contributed by atoms with Crippen LogP contribution in [0.15, 0.2) is 53.9 Å². The first-order valence-corrected chi connectivity index (χ1v) is 7.08. The highest BCUT2D eigenvalue weighted by Crippen LogP contribution is 2.08. The molecule has 1 unspecified atom stereocenters. The molecule has 0 saturated heterocycles. The van der Waals surface area contributed by atoms with Gasteiger partial charge in [0, 0.05) is 12.4 Å². The van der Waals surface area contributed by atoms with E-state index in [0.29, 0.717) is 0 Å². The number of rotatable bonds is 4. The van der Waals surface area contributed by atoms with E-state index in [1.54, 1.807) is 18.2 Å². The van der Waals surface area contributed by atoms with Crippen molar-refractivity contribution in [3.8, 4) is 0 Å². The Morgan fingerprint density at radius 2 is 2.00 bits per heavy atom. The summed E-state index contributed by atoms with van der Waals surface area (Å²) in [5, 5.41) is 0. The summed E-state index contributed by atoms with van der Waals surface area (Å²) >= 11 is 0. The molecule has 0 amide bonds. The molecule has 0 fully saturated rings. The number of carbonyl (C=O) groups excluding carboxylic acids is 1. The third-order valence-electron chi connectivity index (χ3n) is 2.51. The Labute approximate surface area is 111 Å². The minimum Gasteiger partial charge on any atom is -0.275 e. The monoisotopic (exact) mass is 279 g/mol. The van der Waals surface area contributed by atoms with Gasteiger partial charge in [-0.1, -0.05) is 18.2 Å². The summed E-state index contributed by atoms with van der Waals surface area (Å²) in [4.78, 5) is 15.8. The second kappa shape index (κ2) is 5.33. The lowest BCUT2D eigenvalue weighted by Crippen LogP contribution is -2.40. The first-order chi connectivity index (χ1) is 9.00. The summed E-state index contributed by atoms with van der Waals surface area (Å²) in [6.45, 7) is 1.49. The standard InChI is InChI=1S/C12H13N3O3S/c1-10(12(16)15-8-7-13-9-15)14-19(17,18)11-5-3-2-4-6-11/h2-10,14H,1H3. The van der Waals surface area contributed by atoms with Crippen molar-refractivity contribution in [3.63, 3.8) is 0 Å². The number of hydrogen-bond acceptors (Lipinski definition) is 4. The van der Waals surface area contributed by atoms with Gasteiger partial charge in [-0.3, -0.25) is 9.36 Å².